The molecule has 1 aromatic carbocycles. The highest BCUT2D eigenvalue weighted by Gasteiger charge is 2.22. The van der Waals surface area contributed by atoms with E-state index in [-0.39, 0.29) is 6.42 Å². The molecule has 0 fully saturated rings. The summed E-state index contributed by atoms with van der Waals surface area (Å²) in [4.78, 5) is 22.2. The van der Waals surface area contributed by atoms with Crippen molar-refractivity contribution < 1.29 is 19.8 Å². The van der Waals surface area contributed by atoms with Crippen LogP contribution < -0.4 is 5.32 Å². The first-order valence-corrected chi connectivity index (χ1v) is 5.26. The lowest BCUT2D eigenvalue weighted by Gasteiger charge is -2.15. The second-order valence-electron chi connectivity index (χ2n) is 3.77. The van der Waals surface area contributed by atoms with Gasteiger partial charge in [-0.15, -0.1) is 0 Å². The molecule has 0 radical (unpaired) electrons. The van der Waals surface area contributed by atoms with Gasteiger partial charge in [-0.05, 0) is 12.5 Å². The Balaban J connectivity index is 2.68. The summed E-state index contributed by atoms with van der Waals surface area (Å²) in [6.07, 6.45) is -1.03. The lowest BCUT2D eigenvalue weighted by atomic mass is 10.1. The van der Waals surface area contributed by atoms with E-state index in [2.05, 4.69) is 5.32 Å². The standard InChI is InChI=1S/C12H15NO4/c1-8(14)11(15)13-10(12(16)17)7-9-5-3-2-4-6-9/h2-6,8,10,14H,7H2,1H3,(H,13,15)(H,16,17)/t8-,10-/m0/s1. The molecular weight excluding hydrogens is 222 g/mol. The minimum absolute atomic E-state index is 0.189. The molecule has 0 bridgehead atoms. The van der Waals surface area contributed by atoms with Gasteiger partial charge < -0.3 is 15.5 Å². The Morgan fingerprint density at radius 1 is 1.29 bits per heavy atom. The number of nitrogens with one attached hydrogen (secondary N) is 1. The van der Waals surface area contributed by atoms with Gasteiger partial charge in [0.2, 0.25) is 5.91 Å². The molecule has 1 aromatic rings. The SMILES string of the molecule is C[C@H](O)C(=O)N[C@@H](Cc1ccccc1)C(=O)O. The first-order valence-electron chi connectivity index (χ1n) is 5.26. The van der Waals surface area contributed by atoms with Gasteiger partial charge >= 0.3 is 5.97 Å². The molecule has 0 aliphatic heterocycles. The predicted molar refractivity (Wildman–Crippen MR) is 61.4 cm³/mol. The topological polar surface area (TPSA) is 86.6 Å². The normalized spacial score (nSPS) is 13.8. The average molecular weight is 237 g/mol. The highest BCUT2D eigenvalue weighted by Crippen LogP contribution is 2.03. The molecule has 1 amide bonds. The van der Waals surface area contributed by atoms with Crippen molar-refractivity contribution in [3.8, 4) is 0 Å². The van der Waals surface area contributed by atoms with Crippen LogP contribution >= 0.6 is 0 Å². The number of hydrogen-bond acceptors (Lipinski definition) is 3. The fraction of sp³-hybridized carbons (Fsp3) is 0.333. The largest absolute Gasteiger partial charge is 0.480 e. The van der Waals surface area contributed by atoms with E-state index in [1.165, 1.54) is 6.92 Å². The zero-order valence-corrected chi connectivity index (χ0v) is 9.46. The molecule has 0 spiro atoms. The maximum atomic E-state index is 11.2. The summed E-state index contributed by atoms with van der Waals surface area (Å²) in [6, 6.07) is 7.96. The van der Waals surface area contributed by atoms with Crippen molar-refractivity contribution in [2.24, 2.45) is 0 Å². The molecule has 0 aliphatic rings. The van der Waals surface area contributed by atoms with Gasteiger partial charge in [0.1, 0.15) is 12.1 Å². The molecule has 5 nitrogen and oxygen atoms in total. The van der Waals surface area contributed by atoms with E-state index in [4.69, 9.17) is 10.2 Å². The van der Waals surface area contributed by atoms with Crippen LogP contribution in [0.4, 0.5) is 0 Å². The summed E-state index contributed by atoms with van der Waals surface area (Å²) in [7, 11) is 0. The molecule has 0 aromatic heterocycles. The third kappa shape index (κ3) is 4.24. The summed E-state index contributed by atoms with van der Waals surface area (Å²) in [5.74, 6) is -1.81. The van der Waals surface area contributed by atoms with Gasteiger partial charge in [0.15, 0.2) is 0 Å². The highest BCUT2D eigenvalue weighted by molar-refractivity contribution is 5.86. The third-order valence-corrected chi connectivity index (χ3v) is 2.28. The lowest BCUT2D eigenvalue weighted by Crippen LogP contribution is -2.45. The van der Waals surface area contributed by atoms with Crippen LogP contribution in [0.5, 0.6) is 0 Å². The number of hydrogen-bond donors (Lipinski definition) is 3. The van der Waals surface area contributed by atoms with E-state index in [0.29, 0.717) is 0 Å². The van der Waals surface area contributed by atoms with Crippen molar-refractivity contribution >= 4 is 11.9 Å². The molecule has 92 valence electrons. The van der Waals surface area contributed by atoms with Crippen LogP contribution in [0.2, 0.25) is 0 Å². The van der Waals surface area contributed by atoms with Crippen molar-refractivity contribution in [1.82, 2.24) is 5.32 Å². The molecule has 17 heavy (non-hydrogen) atoms. The van der Waals surface area contributed by atoms with Gasteiger partial charge in [-0.1, -0.05) is 30.3 Å². The first kappa shape index (κ1) is 13.2. The smallest absolute Gasteiger partial charge is 0.326 e. The van der Waals surface area contributed by atoms with Crippen LogP contribution in [0.3, 0.4) is 0 Å². The second-order valence-corrected chi connectivity index (χ2v) is 3.77. The molecule has 0 unspecified atom stereocenters. The summed E-state index contributed by atoms with van der Waals surface area (Å²) in [5.41, 5.74) is 0.811. The number of aliphatic hydroxyl groups excluding tert-OH is 1. The second kappa shape index (κ2) is 6.00. The van der Waals surface area contributed by atoms with Crippen molar-refractivity contribution in [3.63, 3.8) is 0 Å². The molecule has 1 rings (SSSR count). The van der Waals surface area contributed by atoms with Crippen molar-refractivity contribution in [3.05, 3.63) is 35.9 Å². The fourth-order valence-electron chi connectivity index (χ4n) is 1.34. The molecule has 0 saturated carbocycles. The van der Waals surface area contributed by atoms with E-state index < -0.39 is 24.0 Å². The van der Waals surface area contributed by atoms with Crippen molar-refractivity contribution in [1.29, 1.82) is 0 Å². The van der Waals surface area contributed by atoms with Gasteiger partial charge in [0.05, 0.1) is 0 Å². The summed E-state index contributed by atoms with van der Waals surface area (Å²) < 4.78 is 0. The minimum atomic E-state index is -1.22. The zero-order valence-electron chi connectivity index (χ0n) is 9.46. The fourth-order valence-corrected chi connectivity index (χ4v) is 1.34. The molecule has 0 saturated heterocycles. The monoisotopic (exact) mass is 237 g/mol. The minimum Gasteiger partial charge on any atom is -0.480 e. The third-order valence-electron chi connectivity index (χ3n) is 2.28. The number of rotatable bonds is 5. The summed E-state index contributed by atoms with van der Waals surface area (Å²) in [6.45, 7) is 1.29. The Kier molecular flexibility index (Phi) is 4.66. The number of aliphatic carboxylic acids is 1. The molecule has 3 N–H and O–H groups in total. The average Bonchev–Trinajstić information content (AvgIpc) is 2.29. The van der Waals surface area contributed by atoms with Gasteiger partial charge in [0, 0.05) is 6.42 Å². The zero-order chi connectivity index (χ0) is 12.8. The number of carbonyl (C=O) groups is 2. The van der Waals surface area contributed by atoms with Crippen LogP contribution in [0.25, 0.3) is 0 Å². The first-order chi connectivity index (χ1) is 8.00. The maximum Gasteiger partial charge on any atom is 0.326 e. The van der Waals surface area contributed by atoms with Crippen LogP contribution in [0.15, 0.2) is 30.3 Å². The molecular formula is C12H15NO4. The number of benzene rings is 1. The molecule has 5 heteroatoms. The van der Waals surface area contributed by atoms with Gasteiger partial charge in [0.25, 0.3) is 0 Å². The molecule has 2 atom stereocenters. The Morgan fingerprint density at radius 2 is 1.88 bits per heavy atom. The van der Waals surface area contributed by atoms with E-state index in [9.17, 15) is 9.59 Å². The predicted octanol–water partition coefficient (Wildman–Crippen LogP) is 0.179. The van der Waals surface area contributed by atoms with Gasteiger partial charge in [-0.2, -0.15) is 0 Å². The number of carboxylic acids is 1. The Hall–Kier alpha value is -1.88. The number of amides is 1. The van der Waals surface area contributed by atoms with Crippen LogP contribution in [-0.4, -0.2) is 34.2 Å². The lowest BCUT2D eigenvalue weighted by molar-refractivity contribution is -0.143. The molecule has 0 heterocycles. The number of carboxylic acid groups (broad SMARTS) is 1. The van der Waals surface area contributed by atoms with Crippen molar-refractivity contribution in [2.45, 2.75) is 25.5 Å². The Labute approximate surface area is 99.1 Å². The summed E-state index contributed by atoms with van der Waals surface area (Å²) in [5, 5.41) is 20.3. The quantitative estimate of drug-likeness (QED) is 0.681. The van der Waals surface area contributed by atoms with Crippen molar-refractivity contribution in [2.75, 3.05) is 0 Å². The van der Waals surface area contributed by atoms with Crippen LogP contribution in [0.1, 0.15) is 12.5 Å². The number of carbonyl (C=O) groups excluding carboxylic acids is 1. The van der Waals surface area contributed by atoms with E-state index in [1.807, 2.05) is 6.07 Å². The highest BCUT2D eigenvalue weighted by atomic mass is 16.4. The van der Waals surface area contributed by atoms with Crippen LogP contribution in [0, 0.1) is 0 Å². The Morgan fingerprint density at radius 3 is 2.35 bits per heavy atom. The van der Waals surface area contributed by atoms with Crippen LogP contribution in [-0.2, 0) is 16.0 Å². The maximum absolute atomic E-state index is 11.2. The number of aliphatic hydroxyl groups is 1. The van der Waals surface area contributed by atoms with Gasteiger partial charge in [-0.25, -0.2) is 4.79 Å². The molecule has 0 aliphatic carbocycles. The van der Waals surface area contributed by atoms with E-state index in [1.54, 1.807) is 24.3 Å². The summed E-state index contributed by atoms with van der Waals surface area (Å²) >= 11 is 0. The van der Waals surface area contributed by atoms with E-state index in [0.717, 1.165) is 5.56 Å². The van der Waals surface area contributed by atoms with E-state index >= 15 is 0 Å². The van der Waals surface area contributed by atoms with Gasteiger partial charge in [-0.3, -0.25) is 4.79 Å². The Bertz CT molecular complexity index is 389.